The highest BCUT2D eigenvalue weighted by Gasteiger charge is 2.59. The average molecular weight is 287 g/mol. The molecule has 20 heavy (non-hydrogen) atoms. The summed E-state index contributed by atoms with van der Waals surface area (Å²) in [6.45, 7) is -1.79. The Bertz CT molecular complexity index is 434. The van der Waals surface area contributed by atoms with E-state index in [2.05, 4.69) is 0 Å². The quantitative estimate of drug-likeness (QED) is 0.796. The summed E-state index contributed by atoms with van der Waals surface area (Å²) >= 11 is 0. The standard InChI is InChI=1S/C14H19F2NO3/c15-14(16,6-17)7-20-12(19)13-3-8-1-9(4-13)11(18)10(2-8)5-13/h8-10H,1-7,17H2. The second-order valence-electron chi connectivity index (χ2n) is 6.66. The molecule has 4 aliphatic carbocycles. The van der Waals surface area contributed by atoms with Crippen molar-refractivity contribution in [2.45, 2.75) is 38.0 Å². The van der Waals surface area contributed by atoms with Crippen LogP contribution in [0.5, 0.6) is 0 Å². The Morgan fingerprint density at radius 3 is 2.45 bits per heavy atom. The lowest BCUT2D eigenvalue weighted by atomic mass is 9.49. The summed E-state index contributed by atoms with van der Waals surface area (Å²) in [5.74, 6) is -3.23. The number of ether oxygens (including phenoxy) is 1. The van der Waals surface area contributed by atoms with Crippen LogP contribution in [0.25, 0.3) is 0 Å². The SMILES string of the molecule is NCC(F)(F)COC(=O)C12CC3CC(C1)C(=O)C(C3)C2. The molecule has 2 atom stereocenters. The lowest BCUT2D eigenvalue weighted by Gasteiger charge is -2.53. The van der Waals surface area contributed by atoms with E-state index in [0.717, 1.165) is 12.8 Å². The molecule has 0 aromatic carbocycles. The van der Waals surface area contributed by atoms with E-state index in [1.54, 1.807) is 0 Å². The van der Waals surface area contributed by atoms with Gasteiger partial charge in [-0.05, 0) is 38.0 Å². The number of esters is 1. The number of halogens is 2. The van der Waals surface area contributed by atoms with Crippen molar-refractivity contribution >= 4 is 11.8 Å². The van der Waals surface area contributed by atoms with Gasteiger partial charge in [0.25, 0.3) is 5.92 Å². The normalized spacial score (nSPS) is 39.1. The predicted octanol–water partition coefficient (Wildman–Crippen LogP) is 1.52. The molecular weight excluding hydrogens is 268 g/mol. The lowest BCUT2D eigenvalue weighted by molar-refractivity contribution is -0.182. The fraction of sp³-hybridized carbons (Fsp3) is 0.857. The third kappa shape index (κ3) is 2.14. The zero-order valence-electron chi connectivity index (χ0n) is 11.2. The second kappa shape index (κ2) is 4.48. The molecule has 4 fully saturated rings. The maximum absolute atomic E-state index is 13.1. The van der Waals surface area contributed by atoms with Crippen molar-refractivity contribution in [3.63, 3.8) is 0 Å². The minimum Gasteiger partial charge on any atom is -0.459 e. The van der Waals surface area contributed by atoms with Gasteiger partial charge in [-0.2, -0.15) is 0 Å². The van der Waals surface area contributed by atoms with Crippen molar-refractivity contribution in [3.8, 4) is 0 Å². The first-order valence-electron chi connectivity index (χ1n) is 7.14. The van der Waals surface area contributed by atoms with Gasteiger partial charge in [-0.25, -0.2) is 8.78 Å². The summed E-state index contributed by atoms with van der Waals surface area (Å²) in [6, 6.07) is 0. The van der Waals surface area contributed by atoms with Gasteiger partial charge in [-0.1, -0.05) is 0 Å². The van der Waals surface area contributed by atoms with Crippen molar-refractivity contribution in [2.75, 3.05) is 13.2 Å². The highest BCUT2D eigenvalue weighted by Crippen LogP contribution is 2.59. The fourth-order valence-electron chi connectivity index (χ4n) is 4.38. The number of ketones is 1. The lowest BCUT2D eigenvalue weighted by Crippen LogP contribution is -2.55. The molecule has 0 aliphatic heterocycles. The van der Waals surface area contributed by atoms with Gasteiger partial charge in [0.05, 0.1) is 12.0 Å². The van der Waals surface area contributed by atoms with Crippen LogP contribution >= 0.6 is 0 Å². The molecule has 0 amide bonds. The zero-order chi connectivity index (χ0) is 14.5. The first-order chi connectivity index (χ1) is 9.35. The molecule has 4 bridgehead atoms. The summed E-state index contributed by atoms with van der Waals surface area (Å²) in [5, 5.41) is 0. The van der Waals surface area contributed by atoms with E-state index in [0.29, 0.717) is 25.2 Å². The molecular formula is C14H19F2NO3. The molecule has 0 radical (unpaired) electrons. The van der Waals surface area contributed by atoms with E-state index in [1.807, 2.05) is 0 Å². The van der Waals surface area contributed by atoms with E-state index in [4.69, 9.17) is 10.5 Å². The second-order valence-corrected chi connectivity index (χ2v) is 6.66. The molecule has 6 heteroatoms. The molecule has 4 saturated carbocycles. The first kappa shape index (κ1) is 13.9. The number of carbonyl (C=O) groups excluding carboxylic acids is 2. The van der Waals surface area contributed by atoms with Crippen LogP contribution in [-0.4, -0.2) is 30.8 Å². The molecule has 4 nitrogen and oxygen atoms in total. The maximum atomic E-state index is 13.1. The van der Waals surface area contributed by atoms with E-state index in [-0.39, 0.29) is 17.6 Å². The van der Waals surface area contributed by atoms with Crippen LogP contribution in [0.4, 0.5) is 8.78 Å². The maximum Gasteiger partial charge on any atom is 0.312 e. The van der Waals surface area contributed by atoms with Crippen LogP contribution in [0.2, 0.25) is 0 Å². The smallest absolute Gasteiger partial charge is 0.312 e. The summed E-state index contributed by atoms with van der Waals surface area (Å²) in [6.07, 6.45) is 3.34. The Labute approximate surface area is 116 Å². The van der Waals surface area contributed by atoms with Crippen LogP contribution in [-0.2, 0) is 14.3 Å². The molecule has 0 aromatic heterocycles. The molecule has 4 rings (SSSR count). The Morgan fingerprint density at radius 1 is 1.30 bits per heavy atom. The van der Waals surface area contributed by atoms with Gasteiger partial charge in [0.2, 0.25) is 0 Å². The van der Waals surface area contributed by atoms with E-state index in [1.165, 1.54) is 0 Å². The molecule has 0 aromatic rings. The number of rotatable bonds is 4. The Hall–Kier alpha value is -1.04. The summed E-state index contributed by atoms with van der Waals surface area (Å²) < 4.78 is 31.0. The van der Waals surface area contributed by atoms with Crippen molar-refractivity contribution in [1.82, 2.24) is 0 Å². The highest BCUT2D eigenvalue weighted by atomic mass is 19.3. The molecule has 0 heterocycles. The van der Waals surface area contributed by atoms with Gasteiger partial charge in [-0.15, -0.1) is 0 Å². The van der Waals surface area contributed by atoms with Crippen LogP contribution < -0.4 is 5.73 Å². The average Bonchev–Trinajstić information content (AvgIpc) is 2.41. The zero-order valence-corrected chi connectivity index (χ0v) is 11.2. The van der Waals surface area contributed by atoms with Crippen LogP contribution in [0.1, 0.15) is 32.1 Å². The van der Waals surface area contributed by atoms with Crippen LogP contribution in [0.3, 0.4) is 0 Å². The number of hydrogen-bond donors (Lipinski definition) is 1. The number of nitrogens with two attached hydrogens (primary N) is 1. The van der Waals surface area contributed by atoms with E-state index < -0.39 is 30.5 Å². The van der Waals surface area contributed by atoms with Crippen molar-refractivity contribution < 1.29 is 23.1 Å². The van der Waals surface area contributed by atoms with E-state index >= 15 is 0 Å². The van der Waals surface area contributed by atoms with E-state index in [9.17, 15) is 18.4 Å². The summed E-state index contributed by atoms with van der Waals surface area (Å²) in [4.78, 5) is 24.3. The molecule has 4 aliphatic rings. The topological polar surface area (TPSA) is 69.4 Å². The largest absolute Gasteiger partial charge is 0.459 e. The third-order valence-corrected chi connectivity index (χ3v) is 5.14. The summed E-state index contributed by atoms with van der Waals surface area (Å²) in [5.41, 5.74) is 4.23. The number of carbonyl (C=O) groups is 2. The van der Waals surface area contributed by atoms with Crippen molar-refractivity contribution in [1.29, 1.82) is 0 Å². The molecule has 2 unspecified atom stereocenters. The van der Waals surface area contributed by atoms with Gasteiger partial charge in [-0.3, -0.25) is 9.59 Å². The first-order valence-corrected chi connectivity index (χ1v) is 7.14. The van der Waals surface area contributed by atoms with Crippen LogP contribution in [0.15, 0.2) is 0 Å². The van der Waals surface area contributed by atoms with Gasteiger partial charge in [0.1, 0.15) is 5.78 Å². The monoisotopic (exact) mass is 287 g/mol. The van der Waals surface area contributed by atoms with Gasteiger partial charge >= 0.3 is 5.97 Å². The number of hydrogen-bond acceptors (Lipinski definition) is 4. The minimum atomic E-state index is -3.17. The number of alkyl halides is 2. The Morgan fingerprint density at radius 2 is 1.90 bits per heavy atom. The van der Waals surface area contributed by atoms with Gasteiger partial charge < -0.3 is 10.5 Å². The van der Waals surface area contributed by atoms with Crippen LogP contribution in [0, 0.1) is 23.2 Å². The van der Waals surface area contributed by atoms with Crippen molar-refractivity contribution in [3.05, 3.63) is 0 Å². The molecule has 0 spiro atoms. The fourth-order valence-corrected chi connectivity index (χ4v) is 4.38. The highest BCUT2D eigenvalue weighted by molar-refractivity contribution is 5.89. The van der Waals surface area contributed by atoms with Gasteiger partial charge in [0.15, 0.2) is 6.61 Å². The molecule has 2 N–H and O–H groups in total. The Kier molecular flexibility index (Phi) is 3.12. The summed E-state index contributed by atoms with van der Waals surface area (Å²) in [7, 11) is 0. The minimum absolute atomic E-state index is 0.0659. The van der Waals surface area contributed by atoms with Gasteiger partial charge in [0, 0.05) is 11.8 Å². The molecule has 112 valence electrons. The predicted molar refractivity (Wildman–Crippen MR) is 66.0 cm³/mol. The molecule has 0 saturated heterocycles. The Balaban J connectivity index is 1.70. The third-order valence-electron chi connectivity index (χ3n) is 5.14. The number of Topliss-reactive ketones (excluding diaryl/α,β-unsaturated/α-hetero) is 1. The van der Waals surface area contributed by atoms with Crippen molar-refractivity contribution in [2.24, 2.45) is 28.9 Å².